The standard InChI is InChI=1S/C18H26N4.HI/c1-3-19-18(22-11-14-7-8-14)20-10-9-15-12-21-17-13(2)5-4-6-16(15)17;/h4-6,12,14,21H,3,7-11H2,1-2H3,(H2,19,20,22);1H. The monoisotopic (exact) mass is 426 g/mol. The summed E-state index contributed by atoms with van der Waals surface area (Å²) in [5, 5.41) is 8.10. The molecule has 0 amide bonds. The van der Waals surface area contributed by atoms with E-state index >= 15 is 0 Å². The van der Waals surface area contributed by atoms with Gasteiger partial charge in [-0.05, 0) is 50.2 Å². The lowest BCUT2D eigenvalue weighted by Crippen LogP contribution is -2.38. The molecule has 3 N–H and O–H groups in total. The van der Waals surface area contributed by atoms with Crippen molar-refractivity contribution >= 4 is 40.8 Å². The molecule has 0 unspecified atom stereocenters. The summed E-state index contributed by atoms with van der Waals surface area (Å²) >= 11 is 0. The van der Waals surface area contributed by atoms with Crippen molar-refractivity contribution in [3.05, 3.63) is 35.5 Å². The van der Waals surface area contributed by atoms with E-state index in [4.69, 9.17) is 0 Å². The molecule has 1 saturated carbocycles. The van der Waals surface area contributed by atoms with Crippen molar-refractivity contribution in [1.29, 1.82) is 0 Å². The number of benzene rings is 1. The van der Waals surface area contributed by atoms with Gasteiger partial charge in [-0.3, -0.25) is 4.99 Å². The summed E-state index contributed by atoms with van der Waals surface area (Å²) in [5.74, 6) is 1.78. The Labute approximate surface area is 155 Å². The van der Waals surface area contributed by atoms with Gasteiger partial charge in [0.05, 0.1) is 0 Å². The molecular formula is C18H27IN4. The average molecular weight is 426 g/mol. The van der Waals surface area contributed by atoms with Crippen molar-refractivity contribution in [1.82, 2.24) is 15.6 Å². The third kappa shape index (κ3) is 4.86. The maximum atomic E-state index is 4.66. The van der Waals surface area contributed by atoms with Crippen LogP contribution in [0.4, 0.5) is 0 Å². The molecule has 2 aromatic rings. The maximum Gasteiger partial charge on any atom is 0.191 e. The lowest BCUT2D eigenvalue weighted by Gasteiger charge is -2.11. The van der Waals surface area contributed by atoms with Gasteiger partial charge in [-0.2, -0.15) is 0 Å². The van der Waals surface area contributed by atoms with Crippen LogP contribution in [0.3, 0.4) is 0 Å². The third-order valence-electron chi connectivity index (χ3n) is 4.25. The largest absolute Gasteiger partial charge is 0.361 e. The molecule has 0 spiro atoms. The molecule has 0 aliphatic heterocycles. The molecule has 23 heavy (non-hydrogen) atoms. The summed E-state index contributed by atoms with van der Waals surface area (Å²) in [7, 11) is 0. The van der Waals surface area contributed by atoms with Gasteiger partial charge in [0.15, 0.2) is 5.96 Å². The van der Waals surface area contributed by atoms with E-state index in [-0.39, 0.29) is 24.0 Å². The molecule has 0 atom stereocenters. The van der Waals surface area contributed by atoms with E-state index in [0.717, 1.165) is 37.9 Å². The molecule has 1 aliphatic carbocycles. The first kappa shape index (κ1) is 18.1. The highest BCUT2D eigenvalue weighted by Crippen LogP contribution is 2.28. The van der Waals surface area contributed by atoms with Crippen LogP contribution >= 0.6 is 24.0 Å². The number of H-pyrrole nitrogens is 1. The number of para-hydroxylation sites is 1. The Morgan fingerprint density at radius 1 is 1.30 bits per heavy atom. The zero-order chi connectivity index (χ0) is 15.4. The molecule has 5 heteroatoms. The second kappa shape index (κ2) is 8.57. The molecular weight excluding hydrogens is 399 g/mol. The van der Waals surface area contributed by atoms with E-state index < -0.39 is 0 Å². The lowest BCUT2D eigenvalue weighted by molar-refractivity contribution is 0.778. The number of aryl methyl sites for hydroxylation is 1. The van der Waals surface area contributed by atoms with Crippen molar-refractivity contribution in [2.75, 3.05) is 19.6 Å². The quantitative estimate of drug-likeness (QED) is 0.376. The van der Waals surface area contributed by atoms with Crippen LogP contribution in [0.5, 0.6) is 0 Å². The molecule has 0 bridgehead atoms. The molecule has 1 heterocycles. The SMILES string of the molecule is CCNC(=NCC1CC1)NCCc1c[nH]c2c(C)cccc12.I. The average Bonchev–Trinajstić information content (AvgIpc) is 3.25. The molecule has 3 rings (SSSR count). The Hall–Kier alpha value is -1.24. The Balaban J connectivity index is 0.00000192. The molecule has 1 aromatic carbocycles. The fourth-order valence-electron chi connectivity index (χ4n) is 2.75. The highest BCUT2D eigenvalue weighted by Gasteiger charge is 2.20. The van der Waals surface area contributed by atoms with Crippen LogP contribution in [0.1, 0.15) is 30.9 Å². The molecule has 0 saturated heterocycles. The number of hydrogen-bond donors (Lipinski definition) is 3. The Kier molecular flexibility index (Phi) is 6.74. The molecule has 4 nitrogen and oxygen atoms in total. The third-order valence-corrected chi connectivity index (χ3v) is 4.25. The van der Waals surface area contributed by atoms with Gasteiger partial charge in [0.1, 0.15) is 0 Å². The lowest BCUT2D eigenvalue weighted by atomic mass is 10.1. The van der Waals surface area contributed by atoms with E-state index in [0.29, 0.717) is 0 Å². The van der Waals surface area contributed by atoms with Crippen LogP contribution in [0.2, 0.25) is 0 Å². The van der Waals surface area contributed by atoms with Crippen molar-refractivity contribution in [2.45, 2.75) is 33.1 Å². The number of halogens is 1. The van der Waals surface area contributed by atoms with Gasteiger partial charge in [-0.1, -0.05) is 18.2 Å². The first-order chi connectivity index (χ1) is 10.8. The number of fused-ring (bicyclic) bond motifs is 1. The minimum absolute atomic E-state index is 0. The number of hydrogen-bond acceptors (Lipinski definition) is 1. The van der Waals surface area contributed by atoms with E-state index in [1.807, 2.05) is 0 Å². The van der Waals surface area contributed by atoms with Crippen molar-refractivity contribution < 1.29 is 0 Å². The minimum Gasteiger partial charge on any atom is -0.361 e. The van der Waals surface area contributed by atoms with Gasteiger partial charge in [0.2, 0.25) is 0 Å². The number of rotatable bonds is 6. The van der Waals surface area contributed by atoms with E-state index in [1.54, 1.807) is 0 Å². The van der Waals surface area contributed by atoms with Gasteiger partial charge in [-0.25, -0.2) is 0 Å². The highest BCUT2D eigenvalue weighted by molar-refractivity contribution is 14.0. The fraction of sp³-hybridized carbons (Fsp3) is 0.500. The van der Waals surface area contributed by atoms with Crippen LogP contribution in [0.15, 0.2) is 29.4 Å². The molecule has 126 valence electrons. The van der Waals surface area contributed by atoms with Crippen molar-refractivity contribution in [2.24, 2.45) is 10.9 Å². The topological polar surface area (TPSA) is 52.2 Å². The first-order valence-electron chi connectivity index (χ1n) is 8.35. The van der Waals surface area contributed by atoms with E-state index in [2.05, 4.69) is 58.9 Å². The number of aromatic amines is 1. The van der Waals surface area contributed by atoms with Crippen molar-refractivity contribution in [3.63, 3.8) is 0 Å². The summed E-state index contributed by atoms with van der Waals surface area (Å²) in [6.45, 7) is 7.02. The second-order valence-corrected chi connectivity index (χ2v) is 6.15. The van der Waals surface area contributed by atoms with Crippen LogP contribution in [-0.2, 0) is 6.42 Å². The number of aliphatic imine (C=N–C) groups is 1. The van der Waals surface area contributed by atoms with Crippen LogP contribution in [-0.4, -0.2) is 30.6 Å². The Morgan fingerprint density at radius 3 is 2.87 bits per heavy atom. The van der Waals surface area contributed by atoms with Gasteiger partial charge >= 0.3 is 0 Å². The molecule has 0 radical (unpaired) electrons. The number of aromatic nitrogens is 1. The summed E-state index contributed by atoms with van der Waals surface area (Å²) in [4.78, 5) is 8.05. The summed E-state index contributed by atoms with van der Waals surface area (Å²) in [6, 6.07) is 6.47. The Bertz CT molecular complexity index is 658. The van der Waals surface area contributed by atoms with Crippen molar-refractivity contribution in [3.8, 4) is 0 Å². The van der Waals surface area contributed by atoms with Gasteiger partial charge in [-0.15, -0.1) is 24.0 Å². The van der Waals surface area contributed by atoms with E-state index in [9.17, 15) is 0 Å². The zero-order valence-electron chi connectivity index (χ0n) is 14.0. The predicted octanol–water partition coefficient (Wildman–Crippen LogP) is 3.60. The molecule has 1 aliphatic rings. The number of nitrogens with zero attached hydrogens (tertiary/aromatic N) is 1. The van der Waals surface area contributed by atoms with Gasteiger partial charge in [0, 0.05) is 36.7 Å². The van der Waals surface area contributed by atoms with Gasteiger partial charge in [0.25, 0.3) is 0 Å². The van der Waals surface area contributed by atoms with E-state index in [1.165, 1.54) is 34.9 Å². The van der Waals surface area contributed by atoms with Crippen LogP contribution in [0.25, 0.3) is 10.9 Å². The van der Waals surface area contributed by atoms with Crippen LogP contribution < -0.4 is 10.6 Å². The zero-order valence-corrected chi connectivity index (χ0v) is 16.3. The fourth-order valence-corrected chi connectivity index (χ4v) is 2.75. The molecule has 1 aromatic heterocycles. The van der Waals surface area contributed by atoms with Crippen LogP contribution in [0, 0.1) is 12.8 Å². The predicted molar refractivity (Wildman–Crippen MR) is 109 cm³/mol. The van der Waals surface area contributed by atoms with Gasteiger partial charge < -0.3 is 15.6 Å². The Morgan fingerprint density at radius 2 is 2.13 bits per heavy atom. The summed E-state index contributed by atoms with van der Waals surface area (Å²) in [5.41, 5.74) is 3.92. The smallest absolute Gasteiger partial charge is 0.191 e. The number of nitrogens with one attached hydrogen (secondary N) is 3. The molecule has 1 fully saturated rings. The highest BCUT2D eigenvalue weighted by atomic mass is 127. The normalized spacial score (nSPS) is 14.6. The second-order valence-electron chi connectivity index (χ2n) is 6.15. The minimum atomic E-state index is 0. The first-order valence-corrected chi connectivity index (χ1v) is 8.35. The summed E-state index contributed by atoms with van der Waals surface area (Å²) in [6.07, 6.45) is 5.82. The summed E-state index contributed by atoms with van der Waals surface area (Å²) < 4.78 is 0. The maximum absolute atomic E-state index is 4.66. The number of guanidine groups is 1.